The lowest BCUT2D eigenvalue weighted by Crippen LogP contribution is -2.16. The molecule has 3 rings (SSSR count). The third-order valence-corrected chi connectivity index (χ3v) is 3.54. The molecular formula is C17H13ClN2O3. The van der Waals surface area contributed by atoms with Crippen molar-refractivity contribution in [2.24, 2.45) is 0 Å². The lowest BCUT2D eigenvalue weighted by molar-refractivity contribution is 0.0467. The quantitative estimate of drug-likeness (QED) is 0.693. The van der Waals surface area contributed by atoms with Crippen molar-refractivity contribution in [1.29, 1.82) is 0 Å². The number of aryl methyl sites for hydroxylation is 1. The first-order valence-electron chi connectivity index (χ1n) is 6.94. The molecule has 0 aliphatic heterocycles. The Morgan fingerprint density at radius 3 is 2.70 bits per heavy atom. The molecule has 1 aromatic carbocycles. The zero-order valence-corrected chi connectivity index (χ0v) is 13.1. The molecule has 0 saturated heterocycles. The molecule has 0 radical (unpaired) electrons. The molecule has 2 aromatic heterocycles. The van der Waals surface area contributed by atoms with Crippen molar-refractivity contribution < 1.29 is 9.53 Å². The lowest BCUT2D eigenvalue weighted by atomic mass is 10.2. The summed E-state index contributed by atoms with van der Waals surface area (Å²) in [6, 6.07) is 11.4. The molecule has 3 aromatic rings. The summed E-state index contributed by atoms with van der Waals surface area (Å²) in [5, 5.41) is 0.543. The first kappa shape index (κ1) is 15.2. The minimum Gasteiger partial charge on any atom is -0.456 e. The molecule has 0 bridgehead atoms. The number of nitrogens with zero attached hydrogens (tertiary/aromatic N) is 2. The molecule has 0 atom stereocenters. The Balaban J connectivity index is 1.79. The Hall–Kier alpha value is -2.66. The maximum atomic E-state index is 12.1. The molecule has 23 heavy (non-hydrogen) atoms. The third kappa shape index (κ3) is 3.40. The minimum atomic E-state index is -0.493. The molecule has 6 heteroatoms. The van der Waals surface area contributed by atoms with Gasteiger partial charge < -0.3 is 4.74 Å². The smallest absolute Gasteiger partial charge is 0.338 e. The number of carbonyl (C=O) groups excluding carboxylic acids is 1. The zero-order valence-electron chi connectivity index (χ0n) is 12.3. The molecule has 0 fully saturated rings. The van der Waals surface area contributed by atoms with Gasteiger partial charge in [0, 0.05) is 17.3 Å². The first-order valence-corrected chi connectivity index (χ1v) is 7.32. The summed E-state index contributed by atoms with van der Waals surface area (Å²) >= 11 is 5.77. The first-order chi connectivity index (χ1) is 11.0. The highest BCUT2D eigenvalue weighted by Gasteiger charge is 2.09. The van der Waals surface area contributed by atoms with Crippen LogP contribution in [0.25, 0.3) is 5.65 Å². The van der Waals surface area contributed by atoms with E-state index >= 15 is 0 Å². The van der Waals surface area contributed by atoms with Gasteiger partial charge in [-0.2, -0.15) is 0 Å². The van der Waals surface area contributed by atoms with E-state index in [-0.39, 0.29) is 12.2 Å². The summed E-state index contributed by atoms with van der Waals surface area (Å²) < 4.78 is 6.65. The van der Waals surface area contributed by atoms with Crippen LogP contribution in [-0.2, 0) is 11.3 Å². The van der Waals surface area contributed by atoms with E-state index in [4.69, 9.17) is 16.3 Å². The Labute approximate surface area is 137 Å². The van der Waals surface area contributed by atoms with Crippen molar-refractivity contribution in [1.82, 2.24) is 9.38 Å². The standard InChI is InChI=1S/C17H13ClN2O3/c1-11-2-7-15-19-14(8-16(21)20(15)9-11)10-23-17(22)12-3-5-13(18)6-4-12/h2-9H,10H2,1H3. The van der Waals surface area contributed by atoms with E-state index in [1.54, 1.807) is 36.5 Å². The summed E-state index contributed by atoms with van der Waals surface area (Å²) in [7, 11) is 0. The van der Waals surface area contributed by atoms with Crippen LogP contribution in [0.5, 0.6) is 0 Å². The maximum absolute atomic E-state index is 12.1. The fraction of sp³-hybridized carbons (Fsp3) is 0.118. The summed E-state index contributed by atoms with van der Waals surface area (Å²) in [5.41, 5.74) is 2.06. The summed E-state index contributed by atoms with van der Waals surface area (Å²) in [6.07, 6.45) is 1.72. The van der Waals surface area contributed by atoms with Gasteiger partial charge in [0.25, 0.3) is 5.56 Å². The van der Waals surface area contributed by atoms with E-state index in [1.807, 2.05) is 13.0 Å². The van der Waals surface area contributed by atoms with Crippen LogP contribution in [0.3, 0.4) is 0 Å². The predicted octanol–water partition coefficient (Wildman–Crippen LogP) is 3.01. The van der Waals surface area contributed by atoms with E-state index in [9.17, 15) is 9.59 Å². The van der Waals surface area contributed by atoms with Crippen LogP contribution < -0.4 is 5.56 Å². The second-order valence-corrected chi connectivity index (χ2v) is 5.54. The van der Waals surface area contributed by atoms with Gasteiger partial charge in [0.05, 0.1) is 11.3 Å². The Kier molecular flexibility index (Phi) is 4.12. The Bertz CT molecular complexity index is 933. The van der Waals surface area contributed by atoms with Crippen molar-refractivity contribution >= 4 is 23.2 Å². The maximum Gasteiger partial charge on any atom is 0.338 e. The van der Waals surface area contributed by atoms with Crippen LogP contribution in [0.1, 0.15) is 21.6 Å². The largest absolute Gasteiger partial charge is 0.456 e. The number of hydrogen-bond donors (Lipinski definition) is 0. The molecule has 0 unspecified atom stereocenters. The predicted molar refractivity (Wildman–Crippen MR) is 86.8 cm³/mol. The summed E-state index contributed by atoms with van der Waals surface area (Å²) in [6.45, 7) is 1.83. The lowest BCUT2D eigenvalue weighted by Gasteiger charge is -2.06. The highest BCUT2D eigenvalue weighted by atomic mass is 35.5. The molecule has 116 valence electrons. The number of rotatable bonds is 3. The number of esters is 1. The highest BCUT2D eigenvalue weighted by molar-refractivity contribution is 6.30. The van der Waals surface area contributed by atoms with Gasteiger partial charge in [0.15, 0.2) is 0 Å². The van der Waals surface area contributed by atoms with E-state index in [0.717, 1.165) is 5.56 Å². The Morgan fingerprint density at radius 1 is 1.22 bits per heavy atom. The van der Waals surface area contributed by atoms with Crippen LogP contribution in [0.2, 0.25) is 5.02 Å². The molecule has 2 heterocycles. The number of aromatic nitrogens is 2. The SMILES string of the molecule is Cc1ccc2nc(COC(=O)c3ccc(Cl)cc3)cc(=O)n2c1. The van der Waals surface area contributed by atoms with Gasteiger partial charge in [-0.3, -0.25) is 9.20 Å². The number of hydrogen-bond acceptors (Lipinski definition) is 4. The molecule has 0 amide bonds. The van der Waals surface area contributed by atoms with Crippen LogP contribution in [0, 0.1) is 6.92 Å². The van der Waals surface area contributed by atoms with Gasteiger partial charge in [0.2, 0.25) is 0 Å². The van der Waals surface area contributed by atoms with Gasteiger partial charge in [-0.15, -0.1) is 0 Å². The molecular weight excluding hydrogens is 316 g/mol. The van der Waals surface area contributed by atoms with Crippen LogP contribution in [0.4, 0.5) is 0 Å². The molecule has 0 spiro atoms. The van der Waals surface area contributed by atoms with Crippen LogP contribution in [0.15, 0.2) is 53.5 Å². The molecule has 5 nitrogen and oxygen atoms in total. The van der Waals surface area contributed by atoms with E-state index in [1.165, 1.54) is 10.5 Å². The second-order valence-electron chi connectivity index (χ2n) is 5.10. The number of benzene rings is 1. The van der Waals surface area contributed by atoms with Gasteiger partial charge in [0.1, 0.15) is 12.3 Å². The van der Waals surface area contributed by atoms with Crippen LogP contribution in [-0.4, -0.2) is 15.4 Å². The van der Waals surface area contributed by atoms with Crippen molar-refractivity contribution in [2.75, 3.05) is 0 Å². The zero-order chi connectivity index (χ0) is 16.4. The molecule has 0 aliphatic rings. The fourth-order valence-corrected chi connectivity index (χ4v) is 2.27. The fourth-order valence-electron chi connectivity index (χ4n) is 2.14. The Morgan fingerprint density at radius 2 is 1.96 bits per heavy atom. The average molecular weight is 329 g/mol. The monoisotopic (exact) mass is 328 g/mol. The number of halogens is 1. The van der Waals surface area contributed by atoms with Crippen molar-refractivity contribution in [3.8, 4) is 0 Å². The van der Waals surface area contributed by atoms with Crippen LogP contribution >= 0.6 is 11.6 Å². The van der Waals surface area contributed by atoms with E-state index in [2.05, 4.69) is 4.98 Å². The number of fused-ring (bicyclic) bond motifs is 1. The van der Waals surface area contributed by atoms with Crippen molar-refractivity contribution in [3.63, 3.8) is 0 Å². The summed E-state index contributed by atoms with van der Waals surface area (Å²) in [4.78, 5) is 28.3. The number of ether oxygens (including phenoxy) is 1. The topological polar surface area (TPSA) is 60.7 Å². The van der Waals surface area contributed by atoms with E-state index in [0.29, 0.717) is 21.9 Å². The number of carbonyl (C=O) groups is 1. The molecule has 0 aliphatic carbocycles. The third-order valence-electron chi connectivity index (χ3n) is 3.29. The summed E-state index contributed by atoms with van der Waals surface area (Å²) in [5.74, 6) is -0.493. The van der Waals surface area contributed by atoms with Gasteiger partial charge >= 0.3 is 5.97 Å². The minimum absolute atomic E-state index is 0.0684. The molecule has 0 saturated carbocycles. The van der Waals surface area contributed by atoms with Crippen molar-refractivity contribution in [3.05, 3.63) is 80.9 Å². The normalized spacial score (nSPS) is 10.7. The van der Waals surface area contributed by atoms with Crippen molar-refractivity contribution in [2.45, 2.75) is 13.5 Å². The van der Waals surface area contributed by atoms with Gasteiger partial charge in [-0.25, -0.2) is 9.78 Å². The van der Waals surface area contributed by atoms with E-state index < -0.39 is 5.97 Å². The second kappa shape index (κ2) is 6.22. The average Bonchev–Trinajstić information content (AvgIpc) is 2.54. The number of pyridine rings is 1. The molecule has 0 N–H and O–H groups in total. The highest BCUT2D eigenvalue weighted by Crippen LogP contribution is 2.11. The van der Waals surface area contributed by atoms with Gasteiger partial charge in [-0.05, 0) is 42.8 Å². The van der Waals surface area contributed by atoms with Gasteiger partial charge in [-0.1, -0.05) is 17.7 Å².